The van der Waals surface area contributed by atoms with Crippen molar-refractivity contribution in [1.29, 1.82) is 0 Å². The number of amides is 1. The van der Waals surface area contributed by atoms with Crippen LogP contribution in [0.25, 0.3) is 0 Å². The summed E-state index contributed by atoms with van der Waals surface area (Å²) in [4.78, 5) is 14.6. The van der Waals surface area contributed by atoms with E-state index in [1.165, 1.54) is 0 Å². The number of carbonyl (C=O) groups excluding carboxylic acids is 1. The number of carbonyl (C=O) groups is 1. The molecule has 0 unspecified atom stereocenters. The monoisotopic (exact) mass is 312 g/mol. The minimum atomic E-state index is -0.423. The molecule has 1 aliphatic heterocycles. The number of rotatable bonds is 6. The maximum atomic E-state index is 12.7. The molecule has 2 fully saturated rings. The van der Waals surface area contributed by atoms with E-state index in [1.807, 2.05) is 11.8 Å². The summed E-state index contributed by atoms with van der Waals surface area (Å²) < 4.78 is 5.78. The minimum Gasteiger partial charge on any atom is -0.394 e. The Morgan fingerprint density at radius 2 is 2.14 bits per heavy atom. The van der Waals surface area contributed by atoms with Gasteiger partial charge < -0.3 is 14.7 Å². The van der Waals surface area contributed by atoms with Gasteiger partial charge in [0.15, 0.2) is 0 Å². The van der Waals surface area contributed by atoms with Gasteiger partial charge in [-0.05, 0) is 40.0 Å². The molecule has 1 saturated heterocycles. The van der Waals surface area contributed by atoms with Gasteiger partial charge in [-0.3, -0.25) is 10.1 Å². The largest absolute Gasteiger partial charge is 0.394 e. The van der Waals surface area contributed by atoms with Gasteiger partial charge >= 0.3 is 0 Å². The van der Waals surface area contributed by atoms with Crippen molar-refractivity contribution in [3.05, 3.63) is 0 Å². The Labute approximate surface area is 134 Å². The second-order valence-electron chi connectivity index (χ2n) is 7.57. The third-order valence-electron chi connectivity index (χ3n) is 5.76. The summed E-state index contributed by atoms with van der Waals surface area (Å²) >= 11 is 0. The topological polar surface area (TPSA) is 61.8 Å². The first kappa shape index (κ1) is 17.7. The summed E-state index contributed by atoms with van der Waals surface area (Å²) in [6.45, 7) is 11.9. The molecule has 5 heteroatoms. The van der Waals surface area contributed by atoms with Crippen LogP contribution in [0.15, 0.2) is 0 Å². The Balaban J connectivity index is 2.09. The lowest BCUT2D eigenvalue weighted by molar-refractivity contribution is -0.183. The highest BCUT2D eigenvalue weighted by molar-refractivity contribution is 5.83. The van der Waals surface area contributed by atoms with Gasteiger partial charge in [-0.1, -0.05) is 13.8 Å². The lowest BCUT2D eigenvalue weighted by Crippen LogP contribution is -2.76. The summed E-state index contributed by atoms with van der Waals surface area (Å²) in [6, 6.07) is 0.0397. The fourth-order valence-corrected chi connectivity index (χ4v) is 3.92. The number of hydrogen-bond acceptors (Lipinski definition) is 4. The molecular formula is C17H32N2O3. The van der Waals surface area contributed by atoms with Gasteiger partial charge in [-0.2, -0.15) is 0 Å². The van der Waals surface area contributed by atoms with E-state index in [-0.39, 0.29) is 36.1 Å². The molecule has 22 heavy (non-hydrogen) atoms. The molecule has 2 aliphatic rings. The first-order valence-corrected chi connectivity index (χ1v) is 8.59. The molecule has 0 spiro atoms. The Kier molecular flexibility index (Phi) is 5.20. The third kappa shape index (κ3) is 2.79. The van der Waals surface area contributed by atoms with E-state index >= 15 is 0 Å². The van der Waals surface area contributed by atoms with Crippen LogP contribution in [0.4, 0.5) is 0 Å². The summed E-state index contributed by atoms with van der Waals surface area (Å²) in [5, 5.41) is 13.5. The van der Waals surface area contributed by atoms with E-state index in [2.05, 4.69) is 33.0 Å². The average Bonchev–Trinajstić information content (AvgIpc) is 2.47. The predicted molar refractivity (Wildman–Crippen MR) is 86.6 cm³/mol. The standard InChI is InChI=1S/C17H32N2O3/c1-6-22-14-10-17(11-20,16(14,4)5)18-13-8-7-9-19(12(2)3)15(13)21/h12-14,18,20H,6-11H2,1-5H3/t13-,14+,17+/m0/s1. The molecule has 2 N–H and O–H groups in total. The molecule has 1 amide bonds. The van der Waals surface area contributed by atoms with Crippen LogP contribution >= 0.6 is 0 Å². The Bertz CT molecular complexity index is 411. The number of nitrogens with one attached hydrogen (secondary N) is 1. The lowest BCUT2D eigenvalue weighted by Gasteiger charge is -2.62. The highest BCUT2D eigenvalue weighted by atomic mass is 16.5. The molecule has 1 saturated carbocycles. The molecular weight excluding hydrogens is 280 g/mol. The van der Waals surface area contributed by atoms with Crippen LogP contribution in [0, 0.1) is 5.41 Å². The van der Waals surface area contributed by atoms with Crippen molar-refractivity contribution >= 4 is 5.91 Å². The van der Waals surface area contributed by atoms with Gasteiger partial charge in [0.1, 0.15) is 0 Å². The number of piperidine rings is 1. The van der Waals surface area contributed by atoms with Crippen molar-refractivity contribution in [1.82, 2.24) is 10.2 Å². The van der Waals surface area contributed by atoms with Crippen LogP contribution in [-0.4, -0.2) is 59.4 Å². The summed E-state index contributed by atoms with van der Waals surface area (Å²) in [5.41, 5.74) is -0.606. The number of aliphatic hydroxyl groups excluding tert-OH is 1. The van der Waals surface area contributed by atoms with Gasteiger partial charge in [0.25, 0.3) is 0 Å². The zero-order valence-electron chi connectivity index (χ0n) is 14.7. The van der Waals surface area contributed by atoms with Crippen LogP contribution in [0.1, 0.15) is 53.9 Å². The number of hydrogen-bond donors (Lipinski definition) is 2. The first-order valence-electron chi connectivity index (χ1n) is 8.59. The predicted octanol–water partition coefficient (Wildman–Crippen LogP) is 1.54. The fraction of sp³-hybridized carbons (Fsp3) is 0.941. The Hall–Kier alpha value is -0.650. The van der Waals surface area contributed by atoms with Crippen molar-refractivity contribution in [2.75, 3.05) is 19.8 Å². The number of likely N-dealkylation sites (tertiary alicyclic amines) is 1. The maximum absolute atomic E-state index is 12.7. The summed E-state index contributed by atoms with van der Waals surface area (Å²) in [7, 11) is 0. The molecule has 128 valence electrons. The zero-order chi connectivity index (χ0) is 16.5. The molecule has 5 nitrogen and oxygen atoms in total. The van der Waals surface area contributed by atoms with Crippen LogP contribution < -0.4 is 5.32 Å². The second kappa shape index (κ2) is 6.46. The van der Waals surface area contributed by atoms with Gasteiger partial charge in [0, 0.05) is 24.6 Å². The number of aliphatic hydroxyl groups is 1. The first-order chi connectivity index (χ1) is 10.3. The fourth-order valence-electron chi connectivity index (χ4n) is 3.92. The smallest absolute Gasteiger partial charge is 0.239 e. The van der Waals surface area contributed by atoms with Crippen LogP contribution in [0.2, 0.25) is 0 Å². The van der Waals surface area contributed by atoms with Crippen LogP contribution in [0.3, 0.4) is 0 Å². The molecule has 0 aromatic rings. The number of nitrogens with zero attached hydrogens (tertiary/aromatic N) is 1. The molecule has 1 heterocycles. The quantitative estimate of drug-likeness (QED) is 0.781. The van der Waals surface area contributed by atoms with Gasteiger partial charge in [-0.15, -0.1) is 0 Å². The highest BCUT2D eigenvalue weighted by Gasteiger charge is 2.61. The van der Waals surface area contributed by atoms with Crippen molar-refractivity contribution in [2.45, 2.75) is 77.6 Å². The molecule has 0 radical (unpaired) electrons. The third-order valence-corrected chi connectivity index (χ3v) is 5.76. The lowest BCUT2D eigenvalue weighted by atomic mass is 9.54. The highest BCUT2D eigenvalue weighted by Crippen LogP contribution is 2.51. The zero-order valence-corrected chi connectivity index (χ0v) is 14.7. The summed E-state index contributed by atoms with van der Waals surface area (Å²) in [5.74, 6) is 0.171. The number of ether oxygens (including phenoxy) is 1. The van der Waals surface area contributed by atoms with Gasteiger partial charge in [-0.25, -0.2) is 0 Å². The Morgan fingerprint density at radius 3 is 2.64 bits per heavy atom. The molecule has 2 rings (SSSR count). The average molecular weight is 312 g/mol. The molecule has 0 aromatic heterocycles. The van der Waals surface area contributed by atoms with Crippen molar-refractivity contribution in [3.63, 3.8) is 0 Å². The van der Waals surface area contributed by atoms with E-state index in [0.717, 1.165) is 25.8 Å². The minimum absolute atomic E-state index is 0.0367. The normalized spacial score (nSPS) is 34.9. The van der Waals surface area contributed by atoms with E-state index in [4.69, 9.17) is 4.74 Å². The van der Waals surface area contributed by atoms with E-state index in [0.29, 0.717) is 6.61 Å². The van der Waals surface area contributed by atoms with E-state index in [9.17, 15) is 9.90 Å². The molecule has 0 bridgehead atoms. The van der Waals surface area contributed by atoms with Crippen molar-refractivity contribution in [2.24, 2.45) is 5.41 Å². The molecule has 0 aromatic carbocycles. The van der Waals surface area contributed by atoms with E-state index < -0.39 is 5.54 Å². The Morgan fingerprint density at radius 1 is 1.45 bits per heavy atom. The van der Waals surface area contributed by atoms with Crippen LogP contribution in [-0.2, 0) is 9.53 Å². The summed E-state index contributed by atoms with van der Waals surface area (Å²) in [6.07, 6.45) is 2.75. The molecule has 3 atom stereocenters. The maximum Gasteiger partial charge on any atom is 0.239 e. The van der Waals surface area contributed by atoms with Gasteiger partial charge in [0.05, 0.1) is 24.3 Å². The SMILES string of the molecule is CCO[C@@H]1C[C@](CO)(N[C@H]2CCCN(C(C)C)C2=O)C1(C)C. The van der Waals surface area contributed by atoms with Gasteiger partial charge in [0.2, 0.25) is 5.91 Å². The van der Waals surface area contributed by atoms with Crippen molar-refractivity contribution in [3.8, 4) is 0 Å². The van der Waals surface area contributed by atoms with E-state index in [1.54, 1.807) is 0 Å². The van der Waals surface area contributed by atoms with Crippen molar-refractivity contribution < 1.29 is 14.6 Å². The second-order valence-corrected chi connectivity index (χ2v) is 7.57. The molecule has 1 aliphatic carbocycles. The van der Waals surface area contributed by atoms with Crippen LogP contribution in [0.5, 0.6) is 0 Å².